The van der Waals surface area contributed by atoms with Gasteiger partial charge in [0, 0.05) is 22.6 Å². The largest absolute Gasteiger partial charge is 0.497 e. The smallest absolute Gasteiger partial charge is 0.263 e. The minimum atomic E-state index is -0.217. The summed E-state index contributed by atoms with van der Waals surface area (Å²) in [5.74, 6) is 0.623. The molecule has 0 atom stereocenters. The van der Waals surface area contributed by atoms with Crippen LogP contribution in [-0.4, -0.2) is 33.3 Å². The average molecular weight is 545 g/mol. The van der Waals surface area contributed by atoms with Gasteiger partial charge in [0.05, 0.1) is 29.8 Å². The molecule has 2 aromatic heterocycles. The van der Waals surface area contributed by atoms with Crippen LogP contribution < -0.4 is 15.6 Å². The van der Waals surface area contributed by atoms with E-state index in [1.54, 1.807) is 17.9 Å². The Morgan fingerprint density at radius 3 is 2.66 bits per heavy atom. The van der Waals surface area contributed by atoms with Crippen LogP contribution in [0.25, 0.3) is 16.9 Å². The maximum absolute atomic E-state index is 14.5. The molecule has 0 unspecified atom stereocenters. The van der Waals surface area contributed by atoms with Gasteiger partial charge in [-0.25, -0.2) is 9.97 Å². The predicted octanol–water partition coefficient (Wildman–Crippen LogP) is 5.85. The number of hydrogen-bond donors (Lipinski definition) is 1. The summed E-state index contributed by atoms with van der Waals surface area (Å²) in [4.78, 5) is 36.6. The number of anilines is 1. The van der Waals surface area contributed by atoms with Crippen LogP contribution in [-0.2, 0) is 16.6 Å². The Morgan fingerprint density at radius 2 is 1.92 bits per heavy atom. The molecule has 1 spiro atoms. The molecule has 2 heterocycles. The van der Waals surface area contributed by atoms with Crippen LogP contribution in [0, 0.1) is 0 Å². The van der Waals surface area contributed by atoms with E-state index in [0.717, 1.165) is 48.9 Å². The fourth-order valence-electron chi connectivity index (χ4n) is 5.81. The number of rotatable bonds is 6. The molecule has 0 bridgehead atoms. The molecule has 0 saturated heterocycles. The van der Waals surface area contributed by atoms with Crippen molar-refractivity contribution in [3.63, 3.8) is 0 Å². The molecule has 1 fully saturated rings. The first-order chi connectivity index (χ1) is 18.6. The first-order valence-corrected chi connectivity index (χ1v) is 14.7. The third-order valence-electron chi connectivity index (χ3n) is 7.54. The molecule has 0 radical (unpaired) electrons. The van der Waals surface area contributed by atoms with Gasteiger partial charge in [0.1, 0.15) is 5.75 Å². The van der Waals surface area contributed by atoms with Crippen molar-refractivity contribution in [2.75, 3.05) is 18.2 Å². The van der Waals surface area contributed by atoms with Crippen LogP contribution in [0.4, 0.5) is 5.13 Å². The maximum Gasteiger partial charge on any atom is 0.263 e. The van der Waals surface area contributed by atoms with Crippen LogP contribution in [0.15, 0.2) is 70.1 Å². The number of aromatic nitrogens is 3. The highest BCUT2D eigenvalue weighted by Gasteiger charge is 2.43. The van der Waals surface area contributed by atoms with Gasteiger partial charge in [-0.05, 0) is 49.1 Å². The number of thioether (sulfide) groups is 1. The normalized spacial score (nSPS) is 15.5. The summed E-state index contributed by atoms with van der Waals surface area (Å²) in [6.07, 6.45) is 7.89. The number of fused-ring (bicyclic) bond motifs is 4. The Hall–Kier alpha value is -3.43. The first kappa shape index (κ1) is 24.9. The number of amides is 1. The summed E-state index contributed by atoms with van der Waals surface area (Å²) < 4.78 is 7.03. The highest BCUT2D eigenvalue weighted by Crippen LogP contribution is 2.49. The summed E-state index contributed by atoms with van der Waals surface area (Å²) in [5.41, 5.74) is 4.30. The van der Waals surface area contributed by atoms with E-state index in [1.165, 1.54) is 35.1 Å². The van der Waals surface area contributed by atoms with E-state index >= 15 is 0 Å². The molecule has 0 aliphatic heterocycles. The van der Waals surface area contributed by atoms with E-state index in [4.69, 9.17) is 9.72 Å². The third kappa shape index (κ3) is 4.54. The highest BCUT2D eigenvalue weighted by atomic mass is 32.2. The van der Waals surface area contributed by atoms with Crippen molar-refractivity contribution in [3.8, 4) is 22.7 Å². The molecule has 38 heavy (non-hydrogen) atoms. The summed E-state index contributed by atoms with van der Waals surface area (Å²) in [6.45, 7) is 0. The van der Waals surface area contributed by atoms with E-state index in [9.17, 15) is 9.59 Å². The lowest BCUT2D eigenvalue weighted by Crippen LogP contribution is -2.43. The number of methoxy groups -OCH3 is 1. The van der Waals surface area contributed by atoms with E-state index in [2.05, 4.69) is 28.5 Å². The fourth-order valence-corrected chi connectivity index (χ4v) is 7.17. The summed E-state index contributed by atoms with van der Waals surface area (Å²) >= 11 is 2.63. The van der Waals surface area contributed by atoms with Crippen LogP contribution >= 0.6 is 23.1 Å². The molecule has 9 heteroatoms. The molecule has 1 saturated carbocycles. The number of nitrogens with zero attached hydrogens (tertiary/aromatic N) is 3. The van der Waals surface area contributed by atoms with Crippen molar-refractivity contribution < 1.29 is 9.53 Å². The van der Waals surface area contributed by atoms with E-state index in [1.807, 2.05) is 35.7 Å². The van der Waals surface area contributed by atoms with Gasteiger partial charge in [-0.3, -0.25) is 14.2 Å². The van der Waals surface area contributed by atoms with Gasteiger partial charge in [-0.1, -0.05) is 55.3 Å². The Labute approximate surface area is 229 Å². The molecule has 7 nitrogen and oxygen atoms in total. The zero-order chi connectivity index (χ0) is 26.1. The molecule has 4 aromatic rings. The van der Waals surface area contributed by atoms with Gasteiger partial charge in [0.15, 0.2) is 10.3 Å². The van der Waals surface area contributed by atoms with Crippen molar-refractivity contribution in [2.24, 2.45) is 0 Å². The second kappa shape index (κ2) is 10.4. The lowest BCUT2D eigenvalue weighted by molar-refractivity contribution is -0.113. The van der Waals surface area contributed by atoms with Gasteiger partial charge in [0.2, 0.25) is 5.91 Å². The molecule has 2 aliphatic rings. The van der Waals surface area contributed by atoms with Crippen molar-refractivity contribution >= 4 is 34.1 Å². The number of carbonyl (C=O) groups excluding carboxylic acids is 1. The van der Waals surface area contributed by atoms with Gasteiger partial charge in [0.25, 0.3) is 5.56 Å². The number of benzene rings is 2. The lowest BCUT2D eigenvalue weighted by Gasteiger charge is -2.42. The average Bonchev–Trinajstić information content (AvgIpc) is 3.45. The predicted molar refractivity (Wildman–Crippen MR) is 152 cm³/mol. The van der Waals surface area contributed by atoms with Crippen molar-refractivity contribution in [1.29, 1.82) is 0 Å². The second-order valence-corrected chi connectivity index (χ2v) is 11.6. The van der Waals surface area contributed by atoms with E-state index < -0.39 is 0 Å². The SMILES string of the molecule is COc1ccc(-n2c(SCC(=O)Nc3nccs3)nc3c(c2=O)C2(CCCCC2)Cc2ccccc2-3)cc1. The standard InChI is InChI=1S/C29H28N4O3S2/c1-36-21-11-9-20(10-12-21)33-26(35)24-25(32-28(33)38-18-23(34)31-27-30-15-16-37-27)22-8-4-3-7-19(22)17-29(24)13-5-2-6-14-29/h3-4,7-12,15-16H,2,5-6,13-14,17-18H2,1H3,(H,30,31,34). The molecule has 2 aliphatic carbocycles. The van der Waals surface area contributed by atoms with Gasteiger partial charge in [-0.15, -0.1) is 11.3 Å². The fraction of sp³-hybridized carbons (Fsp3) is 0.310. The Kier molecular flexibility index (Phi) is 6.80. The van der Waals surface area contributed by atoms with Gasteiger partial charge < -0.3 is 10.1 Å². The van der Waals surface area contributed by atoms with Gasteiger partial charge >= 0.3 is 0 Å². The zero-order valence-electron chi connectivity index (χ0n) is 21.1. The minimum Gasteiger partial charge on any atom is -0.497 e. The third-order valence-corrected chi connectivity index (χ3v) is 9.16. The monoisotopic (exact) mass is 544 g/mol. The lowest BCUT2D eigenvalue weighted by atomic mass is 9.62. The molecule has 194 valence electrons. The number of hydrogen-bond acceptors (Lipinski definition) is 7. The number of carbonyl (C=O) groups is 1. The molecule has 6 rings (SSSR count). The number of ether oxygens (including phenoxy) is 1. The molecule has 1 N–H and O–H groups in total. The van der Waals surface area contributed by atoms with Crippen LogP contribution in [0.1, 0.15) is 43.2 Å². The maximum atomic E-state index is 14.5. The van der Waals surface area contributed by atoms with Gasteiger partial charge in [-0.2, -0.15) is 0 Å². The quantitative estimate of drug-likeness (QED) is 0.242. The van der Waals surface area contributed by atoms with E-state index in [0.29, 0.717) is 21.7 Å². The first-order valence-electron chi connectivity index (χ1n) is 12.8. The molecule has 2 aromatic carbocycles. The summed E-state index contributed by atoms with van der Waals surface area (Å²) in [7, 11) is 1.62. The molecular weight excluding hydrogens is 516 g/mol. The Bertz CT molecular complexity index is 1520. The minimum absolute atomic E-state index is 0.0422. The van der Waals surface area contributed by atoms with Crippen LogP contribution in [0.5, 0.6) is 5.75 Å². The topological polar surface area (TPSA) is 86.1 Å². The molecular formula is C29H28N4O3S2. The highest BCUT2D eigenvalue weighted by molar-refractivity contribution is 7.99. The van der Waals surface area contributed by atoms with Crippen molar-refractivity contribution in [1.82, 2.24) is 14.5 Å². The zero-order valence-corrected chi connectivity index (χ0v) is 22.7. The number of thiazole rings is 1. The number of nitrogens with one attached hydrogen (secondary N) is 1. The molecule has 1 amide bonds. The van der Waals surface area contributed by atoms with Crippen LogP contribution in [0.2, 0.25) is 0 Å². The second-order valence-electron chi connectivity index (χ2n) is 9.81. The Morgan fingerprint density at radius 1 is 1.13 bits per heavy atom. The van der Waals surface area contributed by atoms with Crippen molar-refractivity contribution in [3.05, 3.63) is 81.6 Å². The Balaban J connectivity index is 1.50. The van der Waals surface area contributed by atoms with Crippen LogP contribution in [0.3, 0.4) is 0 Å². The summed E-state index contributed by atoms with van der Waals surface area (Å²) in [6, 6.07) is 15.7. The summed E-state index contributed by atoms with van der Waals surface area (Å²) in [5, 5.41) is 5.68. The van der Waals surface area contributed by atoms with Crippen molar-refractivity contribution in [2.45, 2.75) is 49.1 Å². The van der Waals surface area contributed by atoms with E-state index in [-0.39, 0.29) is 22.6 Å².